The Bertz CT molecular complexity index is 1130. The van der Waals surface area contributed by atoms with Gasteiger partial charge < -0.3 is 30.2 Å². The number of carbonyl (C=O) groups excluding carboxylic acids is 2. The summed E-state index contributed by atoms with van der Waals surface area (Å²) in [6, 6.07) is 3.14. The highest BCUT2D eigenvalue weighted by Crippen LogP contribution is 2.40. The van der Waals surface area contributed by atoms with Crippen molar-refractivity contribution in [1.29, 1.82) is 0 Å². The maximum atomic E-state index is 11.8. The lowest BCUT2D eigenvalue weighted by atomic mass is 10.0. The summed E-state index contributed by atoms with van der Waals surface area (Å²) in [4.78, 5) is 31.2. The molecular formula is C27H40Cl2N4O7. The summed E-state index contributed by atoms with van der Waals surface area (Å²) in [5.41, 5.74) is 7.21. The number of nitrogen functional groups attached to an aromatic ring is 1. The van der Waals surface area contributed by atoms with Gasteiger partial charge >= 0.3 is 6.09 Å². The third-order valence-corrected chi connectivity index (χ3v) is 5.53. The second kappa shape index (κ2) is 16.0. The fourth-order valence-corrected chi connectivity index (χ4v) is 3.61. The van der Waals surface area contributed by atoms with Crippen LogP contribution >= 0.6 is 23.2 Å². The van der Waals surface area contributed by atoms with Gasteiger partial charge in [-0.3, -0.25) is 10.1 Å². The van der Waals surface area contributed by atoms with Gasteiger partial charge in [-0.05, 0) is 46.8 Å². The zero-order chi connectivity index (χ0) is 30.7. The molecule has 2 aromatic heterocycles. The molecule has 1 aliphatic rings. The van der Waals surface area contributed by atoms with Gasteiger partial charge in [-0.25, -0.2) is 14.8 Å². The van der Waals surface area contributed by atoms with E-state index in [-0.39, 0.29) is 23.6 Å². The molecule has 2 aromatic rings. The molecule has 1 aliphatic heterocycles. The van der Waals surface area contributed by atoms with Crippen molar-refractivity contribution < 1.29 is 34.0 Å². The predicted octanol–water partition coefficient (Wildman–Crippen LogP) is 5.35. The van der Waals surface area contributed by atoms with Crippen molar-refractivity contribution in [3.05, 3.63) is 46.0 Å². The molecule has 1 saturated heterocycles. The Morgan fingerprint density at radius 1 is 1.23 bits per heavy atom. The van der Waals surface area contributed by atoms with E-state index in [0.717, 1.165) is 5.56 Å². The molecule has 40 heavy (non-hydrogen) atoms. The van der Waals surface area contributed by atoms with Crippen LogP contribution in [0.2, 0.25) is 10.3 Å². The second-order valence-electron chi connectivity index (χ2n) is 9.93. The molecule has 224 valence electrons. The molecule has 1 fully saturated rings. The highest BCUT2D eigenvalue weighted by Gasteiger charge is 2.41. The third kappa shape index (κ3) is 11.5. The molecule has 1 amide bonds. The summed E-state index contributed by atoms with van der Waals surface area (Å²) >= 11 is 11.6. The largest absolute Gasteiger partial charge is 0.444 e. The Labute approximate surface area is 245 Å². The summed E-state index contributed by atoms with van der Waals surface area (Å²) < 4.78 is 16.7. The number of halogens is 2. The lowest BCUT2D eigenvalue weighted by Crippen LogP contribution is -2.28. The van der Waals surface area contributed by atoms with Gasteiger partial charge in [0, 0.05) is 24.0 Å². The number of nitrogens with one attached hydrogen (secondary N) is 1. The van der Waals surface area contributed by atoms with Crippen LogP contribution in [0.4, 0.5) is 16.2 Å². The molecule has 0 bridgehead atoms. The van der Waals surface area contributed by atoms with Gasteiger partial charge in [0.05, 0.1) is 49.2 Å². The Balaban J connectivity index is 0.000000345. The first kappa shape index (κ1) is 35.5. The molecule has 0 aliphatic carbocycles. The highest BCUT2D eigenvalue weighted by atomic mass is 35.5. The highest BCUT2D eigenvalue weighted by molar-refractivity contribution is 6.30. The molecule has 3 atom stereocenters. The van der Waals surface area contributed by atoms with Crippen LogP contribution < -0.4 is 11.1 Å². The van der Waals surface area contributed by atoms with Crippen molar-refractivity contribution in [3.63, 3.8) is 0 Å². The van der Waals surface area contributed by atoms with Crippen molar-refractivity contribution >= 4 is 46.5 Å². The van der Waals surface area contributed by atoms with Crippen LogP contribution in [0.15, 0.2) is 24.5 Å². The van der Waals surface area contributed by atoms with Gasteiger partial charge in [0.2, 0.25) is 0 Å². The first-order chi connectivity index (χ1) is 18.6. The van der Waals surface area contributed by atoms with Crippen LogP contribution in [-0.2, 0) is 20.0 Å². The van der Waals surface area contributed by atoms with E-state index in [1.165, 1.54) is 25.4 Å². The van der Waals surface area contributed by atoms with Crippen LogP contribution in [0.5, 0.6) is 0 Å². The SMILES string of the molecule is CC(O)CO.CCC(=O)c1cc(Cl)ncc1NC(=O)OC(C)(C)C.CCC1(c2cc(Cl)ncc2N)OCC(C)O1. The average molecular weight is 604 g/mol. The molecule has 3 unspecified atom stereocenters. The van der Waals surface area contributed by atoms with Gasteiger partial charge in [0.1, 0.15) is 15.9 Å². The number of amides is 1. The number of hydrogen-bond acceptors (Lipinski definition) is 10. The minimum Gasteiger partial charge on any atom is -0.444 e. The Morgan fingerprint density at radius 3 is 2.27 bits per heavy atom. The van der Waals surface area contributed by atoms with Crippen LogP contribution in [-0.4, -0.2) is 63.1 Å². The van der Waals surface area contributed by atoms with E-state index in [9.17, 15) is 9.59 Å². The minimum atomic E-state index is -0.768. The second-order valence-corrected chi connectivity index (χ2v) is 10.7. The van der Waals surface area contributed by atoms with E-state index in [0.29, 0.717) is 41.5 Å². The molecule has 3 rings (SSSR count). The minimum absolute atomic E-state index is 0.0614. The van der Waals surface area contributed by atoms with E-state index in [1.54, 1.807) is 33.8 Å². The molecule has 0 spiro atoms. The number of ketones is 1. The predicted molar refractivity (Wildman–Crippen MR) is 155 cm³/mol. The van der Waals surface area contributed by atoms with Crippen molar-refractivity contribution in [2.24, 2.45) is 0 Å². The molecule has 0 aromatic carbocycles. The number of pyridine rings is 2. The number of carbonyl (C=O) groups is 2. The molecule has 3 heterocycles. The van der Waals surface area contributed by atoms with E-state index in [2.05, 4.69) is 15.3 Å². The summed E-state index contributed by atoms with van der Waals surface area (Å²) in [7, 11) is 0. The normalized spacial score (nSPS) is 18.9. The lowest BCUT2D eigenvalue weighted by molar-refractivity contribution is -0.176. The van der Waals surface area contributed by atoms with Gasteiger partial charge in [-0.1, -0.05) is 37.0 Å². The Kier molecular flexibility index (Phi) is 14.2. The number of aliphatic hydroxyl groups is 2. The summed E-state index contributed by atoms with van der Waals surface area (Å²) in [5, 5.41) is 19.1. The number of aromatic nitrogens is 2. The summed E-state index contributed by atoms with van der Waals surface area (Å²) in [5.74, 6) is -0.897. The van der Waals surface area contributed by atoms with Crippen molar-refractivity contribution in [2.45, 2.75) is 84.9 Å². The Hall–Kier alpha value is -2.54. The monoisotopic (exact) mass is 602 g/mol. The van der Waals surface area contributed by atoms with E-state index in [1.807, 2.05) is 13.8 Å². The fraction of sp³-hybridized carbons (Fsp3) is 0.556. The third-order valence-electron chi connectivity index (χ3n) is 5.11. The van der Waals surface area contributed by atoms with E-state index >= 15 is 0 Å². The summed E-state index contributed by atoms with van der Waals surface area (Å²) in [6.07, 6.45) is 2.73. The number of nitrogens with zero attached hydrogens (tertiary/aromatic N) is 2. The first-order valence-corrected chi connectivity index (χ1v) is 13.5. The smallest absolute Gasteiger partial charge is 0.412 e. The van der Waals surface area contributed by atoms with Gasteiger partial charge in [0.25, 0.3) is 0 Å². The zero-order valence-corrected chi connectivity index (χ0v) is 25.5. The van der Waals surface area contributed by atoms with Crippen molar-refractivity contribution in [3.8, 4) is 0 Å². The summed E-state index contributed by atoms with van der Waals surface area (Å²) in [6.45, 7) is 12.9. The molecule has 5 N–H and O–H groups in total. The molecule has 13 heteroatoms. The molecule has 11 nitrogen and oxygen atoms in total. The van der Waals surface area contributed by atoms with Gasteiger partial charge in [0.15, 0.2) is 11.6 Å². The maximum Gasteiger partial charge on any atom is 0.412 e. The van der Waals surface area contributed by atoms with Crippen molar-refractivity contribution in [1.82, 2.24) is 9.97 Å². The zero-order valence-electron chi connectivity index (χ0n) is 24.0. The molecular weight excluding hydrogens is 563 g/mol. The molecule has 0 radical (unpaired) electrons. The molecule has 0 saturated carbocycles. The average Bonchev–Trinajstić information content (AvgIpc) is 3.27. The quantitative estimate of drug-likeness (QED) is 0.250. The number of rotatable bonds is 6. The number of Topliss-reactive ketones (excluding diaryl/α,β-unsaturated/α-hetero) is 1. The number of nitrogens with two attached hydrogens (primary N) is 1. The van der Waals surface area contributed by atoms with Crippen LogP contribution in [0.25, 0.3) is 0 Å². The standard InChI is InChI=1S/C13H17ClN2O3.C11H15ClN2O2.C3H8O2/c1-5-10(17)8-6-11(14)15-7-9(8)16-12(18)19-13(2,3)4;1-3-11(15-6-7(2)16-11)8-4-10(12)14-5-9(8)13;1-3(5)2-4/h6-7H,5H2,1-4H3,(H,16,18);4-5,7H,3,6,13H2,1-2H3;3-5H,2H2,1H3. The maximum absolute atomic E-state index is 11.8. The van der Waals surface area contributed by atoms with Gasteiger partial charge in [-0.2, -0.15) is 0 Å². The van der Waals surface area contributed by atoms with Crippen LogP contribution in [0.1, 0.15) is 77.2 Å². The number of aliphatic hydroxyl groups excluding tert-OH is 2. The lowest BCUT2D eigenvalue weighted by Gasteiger charge is -2.28. The number of ether oxygens (including phenoxy) is 3. The number of hydrogen-bond donors (Lipinski definition) is 4. The fourth-order valence-electron chi connectivity index (χ4n) is 3.30. The first-order valence-electron chi connectivity index (χ1n) is 12.8. The van der Waals surface area contributed by atoms with Crippen molar-refractivity contribution in [2.75, 3.05) is 24.3 Å². The van der Waals surface area contributed by atoms with Crippen LogP contribution in [0, 0.1) is 0 Å². The Morgan fingerprint density at radius 2 is 1.80 bits per heavy atom. The van der Waals surface area contributed by atoms with E-state index in [4.69, 9.17) is 53.4 Å². The van der Waals surface area contributed by atoms with Gasteiger partial charge in [-0.15, -0.1) is 0 Å². The number of anilines is 2. The van der Waals surface area contributed by atoms with Crippen LogP contribution in [0.3, 0.4) is 0 Å². The van der Waals surface area contributed by atoms with E-state index < -0.39 is 23.6 Å². The topological polar surface area (TPSA) is 166 Å².